The van der Waals surface area contributed by atoms with Gasteiger partial charge in [-0.25, -0.2) is 0 Å². The number of ether oxygens (including phenoxy) is 1. The fraction of sp³-hybridized carbons (Fsp3) is 0.333. The zero-order chi connectivity index (χ0) is 28.0. The van der Waals surface area contributed by atoms with E-state index in [0.29, 0.717) is 26.7 Å². The topological polar surface area (TPSA) is 99.1 Å². The maximum atomic E-state index is 14.2. The van der Waals surface area contributed by atoms with Gasteiger partial charge in [0.1, 0.15) is 0 Å². The van der Waals surface area contributed by atoms with Crippen molar-refractivity contribution in [1.82, 2.24) is 10.2 Å². The Labute approximate surface area is 237 Å². The average Bonchev–Trinajstić information content (AvgIpc) is 3.69. The lowest BCUT2D eigenvalue weighted by Crippen LogP contribution is -2.47. The molecule has 3 aromatic rings. The smallest absolute Gasteiger partial charge is 0.257 e. The molecule has 2 aliphatic rings. The minimum absolute atomic E-state index is 0.0182. The van der Waals surface area contributed by atoms with Gasteiger partial charge in [-0.3, -0.25) is 14.5 Å². The number of fused-ring (bicyclic) bond motifs is 1. The number of carbonyl (C=O) groups excluding carboxylic acids is 2. The van der Waals surface area contributed by atoms with Gasteiger partial charge in [-0.1, -0.05) is 59.6 Å². The zero-order valence-electron chi connectivity index (χ0n) is 21.7. The molecule has 0 saturated heterocycles. The molecule has 2 amide bonds. The van der Waals surface area contributed by atoms with E-state index in [0.717, 1.165) is 18.4 Å². The molecule has 39 heavy (non-hydrogen) atoms. The van der Waals surface area contributed by atoms with E-state index in [4.69, 9.17) is 27.9 Å². The van der Waals surface area contributed by atoms with Gasteiger partial charge >= 0.3 is 0 Å². The first-order chi connectivity index (χ1) is 18.6. The van der Waals surface area contributed by atoms with Crippen molar-refractivity contribution in [2.75, 3.05) is 20.3 Å². The van der Waals surface area contributed by atoms with Crippen LogP contribution in [0.4, 0.5) is 0 Å². The van der Waals surface area contributed by atoms with Crippen molar-refractivity contribution < 1.29 is 24.5 Å². The number of carbonyl (C=O) groups is 2. The summed E-state index contributed by atoms with van der Waals surface area (Å²) in [5.74, 6) is -0.914. The van der Waals surface area contributed by atoms with Crippen molar-refractivity contribution in [3.05, 3.63) is 105 Å². The van der Waals surface area contributed by atoms with E-state index in [1.165, 1.54) is 14.0 Å². The minimum Gasteiger partial charge on any atom is -0.396 e. The first-order valence-electron chi connectivity index (χ1n) is 12.7. The Hall–Kier alpha value is -2.94. The standard InChI is InChI=1S/C30H30Cl2N2O5/c1-28(38,27(37)33-2)21-7-12-25-24(15-21)26(36)34(16-19-3-8-22(31)9-4-19)30(25,20-5-10-23(32)11-6-20)39-18-29(17-35)13-14-29/h3-12,15,35,38H,13-14,16-18H2,1-2H3,(H,33,37)/t28?,30-/m1/s1. The van der Waals surface area contributed by atoms with Crippen LogP contribution >= 0.6 is 23.2 Å². The molecule has 1 saturated carbocycles. The summed E-state index contributed by atoms with van der Waals surface area (Å²) in [7, 11) is 1.44. The molecule has 9 heteroatoms. The zero-order valence-corrected chi connectivity index (χ0v) is 23.2. The first-order valence-corrected chi connectivity index (χ1v) is 13.5. The third kappa shape index (κ3) is 4.83. The molecule has 0 radical (unpaired) electrons. The summed E-state index contributed by atoms with van der Waals surface area (Å²) in [6.07, 6.45) is 1.65. The number of benzene rings is 3. The van der Waals surface area contributed by atoms with Crippen LogP contribution in [0.3, 0.4) is 0 Å². The number of likely N-dealkylation sites (N-methyl/N-ethyl adjacent to an activating group) is 1. The lowest BCUT2D eigenvalue weighted by atomic mass is 9.88. The summed E-state index contributed by atoms with van der Waals surface area (Å²) in [6.45, 7) is 1.80. The SMILES string of the molecule is CNC(=O)C(C)(O)c1ccc2c(c1)C(=O)N(Cc1ccc(Cl)cc1)[C@@]2(OCC1(CO)CC1)c1ccc(Cl)cc1. The van der Waals surface area contributed by atoms with Crippen LogP contribution in [-0.2, 0) is 27.4 Å². The molecule has 3 aromatic carbocycles. The quantitative estimate of drug-likeness (QED) is 0.350. The van der Waals surface area contributed by atoms with Crippen LogP contribution in [0, 0.1) is 5.41 Å². The summed E-state index contributed by atoms with van der Waals surface area (Å²) in [4.78, 5) is 28.3. The van der Waals surface area contributed by atoms with Crippen molar-refractivity contribution in [2.24, 2.45) is 5.41 Å². The van der Waals surface area contributed by atoms with Gasteiger partial charge in [-0.05, 0) is 61.2 Å². The molecule has 1 aliphatic heterocycles. The number of aliphatic hydroxyl groups excluding tert-OH is 1. The van der Waals surface area contributed by atoms with Crippen LogP contribution in [0.25, 0.3) is 0 Å². The molecule has 1 fully saturated rings. The van der Waals surface area contributed by atoms with Gasteiger partial charge in [0, 0.05) is 45.7 Å². The summed E-state index contributed by atoms with van der Waals surface area (Å²) < 4.78 is 6.77. The second-order valence-electron chi connectivity index (χ2n) is 10.5. The number of halogens is 2. The highest BCUT2D eigenvalue weighted by Gasteiger charge is 2.55. The fourth-order valence-electron chi connectivity index (χ4n) is 5.09. The van der Waals surface area contributed by atoms with Crippen LogP contribution in [-0.4, -0.2) is 47.2 Å². The number of aliphatic hydroxyl groups is 2. The predicted molar refractivity (Wildman–Crippen MR) is 148 cm³/mol. The van der Waals surface area contributed by atoms with Crippen molar-refractivity contribution >= 4 is 35.0 Å². The van der Waals surface area contributed by atoms with Crippen molar-refractivity contribution in [3.63, 3.8) is 0 Å². The van der Waals surface area contributed by atoms with Gasteiger partial charge in [0.2, 0.25) is 0 Å². The van der Waals surface area contributed by atoms with E-state index in [-0.39, 0.29) is 36.6 Å². The van der Waals surface area contributed by atoms with Gasteiger partial charge in [0.25, 0.3) is 11.8 Å². The molecule has 204 valence electrons. The highest BCUT2D eigenvalue weighted by atomic mass is 35.5. The molecule has 7 nitrogen and oxygen atoms in total. The fourth-order valence-corrected chi connectivity index (χ4v) is 5.34. The van der Waals surface area contributed by atoms with Crippen LogP contribution < -0.4 is 5.32 Å². The Morgan fingerprint density at radius 2 is 1.67 bits per heavy atom. The normalized spacial score (nSPS) is 20.9. The molecule has 2 atom stereocenters. The largest absolute Gasteiger partial charge is 0.396 e. The van der Waals surface area contributed by atoms with E-state index in [1.807, 2.05) is 24.3 Å². The van der Waals surface area contributed by atoms with Gasteiger partial charge in [0.15, 0.2) is 11.3 Å². The third-order valence-electron chi connectivity index (χ3n) is 7.84. The van der Waals surface area contributed by atoms with Crippen molar-refractivity contribution in [3.8, 4) is 0 Å². The lowest BCUT2D eigenvalue weighted by Gasteiger charge is -2.40. The molecule has 1 unspecified atom stereocenters. The summed E-state index contributed by atoms with van der Waals surface area (Å²) >= 11 is 12.4. The molecule has 5 rings (SSSR count). The Balaban J connectivity index is 1.70. The monoisotopic (exact) mass is 568 g/mol. The number of nitrogens with one attached hydrogen (secondary N) is 1. The number of nitrogens with zero attached hydrogens (tertiary/aromatic N) is 1. The van der Waals surface area contributed by atoms with Gasteiger partial charge in [-0.2, -0.15) is 0 Å². The maximum absolute atomic E-state index is 14.2. The van der Waals surface area contributed by atoms with E-state index in [9.17, 15) is 19.8 Å². The molecule has 1 aliphatic carbocycles. The Kier molecular flexibility index (Phi) is 7.24. The summed E-state index contributed by atoms with van der Waals surface area (Å²) in [6, 6.07) is 19.3. The molecule has 0 bridgehead atoms. The van der Waals surface area contributed by atoms with Crippen LogP contribution in [0.15, 0.2) is 66.7 Å². The molecular weight excluding hydrogens is 539 g/mol. The lowest BCUT2D eigenvalue weighted by molar-refractivity contribution is -0.138. The summed E-state index contributed by atoms with van der Waals surface area (Å²) in [5, 5.41) is 24.6. The van der Waals surface area contributed by atoms with E-state index < -0.39 is 17.2 Å². The van der Waals surface area contributed by atoms with Gasteiger partial charge in [-0.15, -0.1) is 0 Å². The van der Waals surface area contributed by atoms with Crippen LogP contribution in [0.1, 0.15) is 52.4 Å². The first kappa shape index (κ1) is 27.6. The third-order valence-corrected chi connectivity index (χ3v) is 8.34. The van der Waals surface area contributed by atoms with Crippen LogP contribution in [0.2, 0.25) is 10.0 Å². The number of hydrogen-bond acceptors (Lipinski definition) is 5. The van der Waals surface area contributed by atoms with Gasteiger partial charge in [0.05, 0.1) is 13.2 Å². The predicted octanol–water partition coefficient (Wildman–Crippen LogP) is 4.59. The maximum Gasteiger partial charge on any atom is 0.257 e. The second-order valence-corrected chi connectivity index (χ2v) is 11.4. The number of amides is 2. The highest BCUT2D eigenvalue weighted by Crippen LogP contribution is 2.51. The Bertz CT molecular complexity index is 1400. The van der Waals surface area contributed by atoms with E-state index >= 15 is 0 Å². The van der Waals surface area contributed by atoms with Gasteiger partial charge < -0.3 is 20.3 Å². The Morgan fingerprint density at radius 1 is 1.05 bits per heavy atom. The van der Waals surface area contributed by atoms with Crippen molar-refractivity contribution in [2.45, 2.75) is 37.6 Å². The van der Waals surface area contributed by atoms with Crippen molar-refractivity contribution in [1.29, 1.82) is 0 Å². The molecule has 0 spiro atoms. The average molecular weight is 569 g/mol. The molecular formula is C30H30Cl2N2O5. The number of hydrogen-bond donors (Lipinski definition) is 3. The second kappa shape index (κ2) is 10.2. The highest BCUT2D eigenvalue weighted by molar-refractivity contribution is 6.30. The van der Waals surface area contributed by atoms with Crippen LogP contribution in [0.5, 0.6) is 0 Å². The molecule has 1 heterocycles. The minimum atomic E-state index is -1.85. The number of rotatable bonds is 9. The molecule has 0 aromatic heterocycles. The summed E-state index contributed by atoms with van der Waals surface area (Å²) in [5.41, 5.74) is -0.869. The molecule has 3 N–H and O–H groups in total. The van der Waals surface area contributed by atoms with E-state index in [1.54, 1.807) is 47.4 Å². The van der Waals surface area contributed by atoms with E-state index in [2.05, 4.69) is 5.32 Å². The Morgan fingerprint density at radius 3 is 2.23 bits per heavy atom.